The van der Waals surface area contributed by atoms with Crippen molar-refractivity contribution >= 4 is 61.6 Å². The van der Waals surface area contributed by atoms with Gasteiger partial charge in [0.05, 0.1) is 45.0 Å². The Labute approximate surface area is 325 Å². The first-order valence-electron chi connectivity index (χ1n) is 13.6. The van der Waals surface area contributed by atoms with Gasteiger partial charge in [0, 0.05) is 0 Å². The van der Waals surface area contributed by atoms with E-state index in [2.05, 4.69) is 30.7 Å². The SMILES string of the molecule is Cc1cc(N=Nc2ccc(S(=O)(=O)O)cc2)c(N)c(N=Nc2ccc(-c3ccc(N=Nc4ccc([O-])c(C(=O)[O-])c4)cc3)cc2)c1N.[Na+].[Na+]. The minimum atomic E-state index is -4.33. The molecule has 0 aliphatic rings. The standard InChI is InChI=1S/C32H26N8O6S.2Na/c1-18-16-27(39-36-23-10-13-25(14-11-23)47(44,45)46)30(34)31(29(18)33)40-37-22-8-4-20(5-9-22)19-2-6-21(7-3-19)35-38-24-12-15-28(41)26(17-24)32(42)43;;/h2-17,41H,33-34H2,1H3,(H,42,43)(H,44,45,46);;/q;2*+1/p-2. The summed E-state index contributed by atoms with van der Waals surface area (Å²) < 4.78 is 31.6. The van der Waals surface area contributed by atoms with E-state index in [1.807, 2.05) is 24.3 Å². The van der Waals surface area contributed by atoms with E-state index in [0.29, 0.717) is 28.3 Å². The van der Waals surface area contributed by atoms with Crippen LogP contribution in [-0.2, 0) is 10.1 Å². The molecule has 0 unspecified atom stereocenters. The molecule has 5 N–H and O–H groups in total. The van der Waals surface area contributed by atoms with Gasteiger partial charge in [-0.3, -0.25) is 4.55 Å². The van der Waals surface area contributed by atoms with Gasteiger partial charge in [-0.25, -0.2) is 0 Å². The van der Waals surface area contributed by atoms with Crippen molar-refractivity contribution in [3.8, 4) is 16.9 Å². The summed E-state index contributed by atoms with van der Waals surface area (Å²) in [6.45, 7) is 1.76. The molecule has 5 rings (SSSR count). The first-order chi connectivity index (χ1) is 22.4. The van der Waals surface area contributed by atoms with Crippen LogP contribution in [0.5, 0.6) is 5.75 Å². The number of nitrogen functional groups attached to an aromatic ring is 2. The minimum absolute atomic E-state index is 0. The Morgan fingerprint density at radius 1 is 0.653 bits per heavy atom. The van der Waals surface area contributed by atoms with Gasteiger partial charge >= 0.3 is 59.1 Å². The fourth-order valence-corrected chi connectivity index (χ4v) is 4.68. The first kappa shape index (κ1) is 39.1. The van der Waals surface area contributed by atoms with Crippen molar-refractivity contribution in [1.82, 2.24) is 0 Å². The molecule has 236 valence electrons. The van der Waals surface area contributed by atoms with E-state index in [0.717, 1.165) is 23.3 Å². The molecule has 0 amide bonds. The van der Waals surface area contributed by atoms with Crippen molar-refractivity contribution in [2.24, 2.45) is 30.7 Å². The molecule has 5 aromatic rings. The number of nitrogens with two attached hydrogens (primary N) is 2. The molecular weight excluding hydrogens is 670 g/mol. The number of carbonyl (C=O) groups is 1. The van der Waals surface area contributed by atoms with Crippen LogP contribution in [0.25, 0.3) is 11.1 Å². The summed E-state index contributed by atoms with van der Waals surface area (Å²) in [7, 11) is -4.33. The molecule has 0 fully saturated rings. The molecule has 5 aromatic carbocycles. The van der Waals surface area contributed by atoms with Crippen molar-refractivity contribution in [1.29, 1.82) is 0 Å². The Kier molecular flexibility index (Phi) is 13.5. The smallest absolute Gasteiger partial charge is 0.872 e. The molecule has 0 heterocycles. The largest absolute Gasteiger partial charge is 1.00 e. The van der Waals surface area contributed by atoms with Crippen LogP contribution in [0.2, 0.25) is 0 Å². The number of rotatable bonds is 9. The van der Waals surface area contributed by atoms with E-state index in [1.54, 1.807) is 37.3 Å². The molecule has 0 saturated heterocycles. The number of benzene rings is 5. The monoisotopic (exact) mass is 694 g/mol. The fraction of sp³-hybridized carbons (Fsp3) is 0.0312. The summed E-state index contributed by atoms with van der Waals surface area (Å²) in [5.41, 5.74) is 17.0. The third-order valence-corrected chi connectivity index (χ3v) is 7.64. The molecule has 0 aliphatic carbocycles. The zero-order chi connectivity index (χ0) is 33.7. The molecule has 49 heavy (non-hydrogen) atoms. The average Bonchev–Trinajstić information content (AvgIpc) is 3.05. The van der Waals surface area contributed by atoms with Crippen molar-refractivity contribution in [2.75, 3.05) is 11.5 Å². The Balaban J connectivity index is 0.00000325. The van der Waals surface area contributed by atoms with Gasteiger partial charge in [0.2, 0.25) is 0 Å². The fourth-order valence-electron chi connectivity index (χ4n) is 4.20. The zero-order valence-corrected chi connectivity index (χ0v) is 31.3. The van der Waals surface area contributed by atoms with Crippen molar-refractivity contribution in [3.63, 3.8) is 0 Å². The Morgan fingerprint density at radius 2 is 1.10 bits per heavy atom. The van der Waals surface area contributed by atoms with Crippen LogP contribution in [0.1, 0.15) is 15.9 Å². The molecule has 0 aromatic heterocycles. The van der Waals surface area contributed by atoms with Gasteiger partial charge in [-0.15, -0.1) is 10.2 Å². The summed E-state index contributed by atoms with van der Waals surface area (Å²) in [5, 5.41) is 47.5. The van der Waals surface area contributed by atoms with Crippen LogP contribution in [0, 0.1) is 6.92 Å². The maximum Gasteiger partial charge on any atom is 1.00 e. The first-order valence-corrected chi connectivity index (χ1v) is 15.1. The molecule has 0 aliphatic heterocycles. The number of nitrogens with zero attached hydrogens (tertiary/aromatic N) is 6. The summed E-state index contributed by atoms with van der Waals surface area (Å²) in [4.78, 5) is 10.8. The summed E-state index contributed by atoms with van der Waals surface area (Å²) >= 11 is 0. The van der Waals surface area contributed by atoms with Crippen LogP contribution in [0.4, 0.5) is 45.5 Å². The van der Waals surface area contributed by atoms with Crippen LogP contribution >= 0.6 is 0 Å². The maximum absolute atomic E-state index is 11.6. The second kappa shape index (κ2) is 16.9. The summed E-state index contributed by atoms with van der Waals surface area (Å²) in [5.74, 6) is -2.24. The van der Waals surface area contributed by atoms with Gasteiger partial charge in [-0.2, -0.15) is 28.9 Å². The second-order valence-electron chi connectivity index (χ2n) is 10.0. The predicted octanol–water partition coefficient (Wildman–Crippen LogP) is 0.764. The molecule has 0 spiro atoms. The molecule has 0 radical (unpaired) electrons. The molecule has 0 bridgehead atoms. The number of azo groups is 3. The van der Waals surface area contributed by atoms with E-state index < -0.39 is 27.4 Å². The van der Waals surface area contributed by atoms with Crippen LogP contribution in [-0.4, -0.2) is 18.9 Å². The summed E-state index contributed by atoms with van der Waals surface area (Å²) in [6.07, 6.45) is 0. The van der Waals surface area contributed by atoms with E-state index in [1.165, 1.54) is 30.3 Å². The molecular formula is C32H24N8Na2O6S. The Morgan fingerprint density at radius 3 is 1.61 bits per heavy atom. The van der Waals surface area contributed by atoms with Crippen molar-refractivity contribution in [2.45, 2.75) is 11.8 Å². The Hall–Kier alpha value is -4.32. The van der Waals surface area contributed by atoms with Gasteiger partial charge in [-0.05, 0) is 95.9 Å². The van der Waals surface area contributed by atoms with E-state index in [-0.39, 0.29) is 86.8 Å². The Bertz CT molecular complexity index is 2180. The molecule has 0 atom stereocenters. The number of carboxylic acids is 1. The van der Waals surface area contributed by atoms with Crippen molar-refractivity contribution < 1.29 is 87.1 Å². The second-order valence-corrected chi connectivity index (χ2v) is 11.4. The predicted molar refractivity (Wildman–Crippen MR) is 171 cm³/mol. The topological polar surface area (TPSA) is 244 Å². The van der Waals surface area contributed by atoms with Gasteiger partial charge in [0.15, 0.2) is 0 Å². The number of carbonyl (C=O) groups excluding carboxylic acids is 1. The molecule has 14 nitrogen and oxygen atoms in total. The number of hydrogen-bond donors (Lipinski definition) is 3. The van der Waals surface area contributed by atoms with E-state index in [4.69, 9.17) is 16.0 Å². The van der Waals surface area contributed by atoms with Crippen LogP contribution in [0.15, 0.2) is 133 Å². The third-order valence-electron chi connectivity index (χ3n) is 6.77. The third kappa shape index (κ3) is 9.87. The number of carboxylic acid groups (broad SMARTS) is 1. The molecule has 0 saturated carbocycles. The van der Waals surface area contributed by atoms with Gasteiger partial charge in [0.1, 0.15) is 11.4 Å². The number of aryl methyl sites for hydroxylation is 1. The van der Waals surface area contributed by atoms with Crippen molar-refractivity contribution in [3.05, 3.63) is 108 Å². The quantitative estimate of drug-likeness (QED) is 0.0859. The van der Waals surface area contributed by atoms with Crippen LogP contribution in [0.3, 0.4) is 0 Å². The maximum atomic E-state index is 11.6. The van der Waals surface area contributed by atoms with Gasteiger partial charge in [0.25, 0.3) is 10.1 Å². The van der Waals surface area contributed by atoms with E-state index >= 15 is 0 Å². The molecule has 17 heteroatoms. The minimum Gasteiger partial charge on any atom is -0.872 e. The number of anilines is 2. The van der Waals surface area contributed by atoms with Crippen LogP contribution < -0.4 is 80.8 Å². The normalized spacial score (nSPS) is 11.5. The number of aromatic carboxylic acids is 1. The van der Waals surface area contributed by atoms with Gasteiger partial charge < -0.3 is 26.5 Å². The summed E-state index contributed by atoms with van der Waals surface area (Å²) in [6, 6.07) is 24.8. The van der Waals surface area contributed by atoms with Gasteiger partial charge in [-0.1, -0.05) is 36.1 Å². The van der Waals surface area contributed by atoms with E-state index in [9.17, 15) is 23.4 Å². The average molecular weight is 695 g/mol. The zero-order valence-electron chi connectivity index (χ0n) is 26.5. The number of hydrogen-bond acceptors (Lipinski definition) is 13.